The maximum atomic E-state index is 13.3. The predicted molar refractivity (Wildman–Crippen MR) is 133 cm³/mol. The van der Waals surface area contributed by atoms with E-state index in [1.54, 1.807) is 7.11 Å². The Morgan fingerprint density at radius 3 is 2.12 bits per heavy atom. The molecular weight excluding hydrogens is 424 g/mol. The Bertz CT molecular complexity index is 1040. The van der Waals surface area contributed by atoms with Gasteiger partial charge < -0.3 is 9.64 Å². The van der Waals surface area contributed by atoms with E-state index in [-0.39, 0.29) is 24.0 Å². The summed E-state index contributed by atoms with van der Waals surface area (Å²) in [6.45, 7) is 3.16. The summed E-state index contributed by atoms with van der Waals surface area (Å²) in [7, 11) is 1.67. The molecule has 5 rings (SSSR count). The van der Waals surface area contributed by atoms with Crippen LogP contribution in [0.15, 0.2) is 84.9 Å². The second-order valence-electron chi connectivity index (χ2n) is 8.99. The number of methoxy groups -OCH3 is 1. The van der Waals surface area contributed by atoms with Crippen LogP contribution in [0.2, 0.25) is 0 Å². The molecule has 0 aromatic heterocycles. The monoisotopic (exact) mass is 456 g/mol. The molecule has 2 aliphatic heterocycles. The summed E-state index contributed by atoms with van der Waals surface area (Å²) in [5, 5.41) is 0. The molecule has 2 N–H and O–H groups in total. The highest BCUT2D eigenvalue weighted by Gasteiger charge is 2.35. The van der Waals surface area contributed by atoms with Gasteiger partial charge in [-0.25, -0.2) is 10.9 Å². The molecule has 3 aromatic rings. The topological polar surface area (TPSA) is 56.8 Å². The van der Waals surface area contributed by atoms with Gasteiger partial charge in [-0.15, -0.1) is 0 Å². The van der Waals surface area contributed by atoms with E-state index in [0.29, 0.717) is 0 Å². The maximum Gasteiger partial charge on any atom is 0.241 e. The molecule has 2 atom stereocenters. The van der Waals surface area contributed by atoms with Crippen LogP contribution in [0.3, 0.4) is 0 Å². The quantitative estimate of drug-likeness (QED) is 0.594. The molecule has 0 spiro atoms. The SMILES string of the molecule is COc1cccc(C2CC(C(=O)N3CCN(C(c4ccccc4)c4ccccc4)CC3)NN2)c1. The van der Waals surface area contributed by atoms with Crippen LogP contribution in [-0.4, -0.2) is 55.0 Å². The number of amides is 1. The van der Waals surface area contributed by atoms with E-state index in [9.17, 15) is 4.79 Å². The Labute approximate surface area is 201 Å². The minimum atomic E-state index is -0.221. The van der Waals surface area contributed by atoms with Gasteiger partial charge in [-0.2, -0.15) is 0 Å². The highest BCUT2D eigenvalue weighted by molar-refractivity contribution is 5.82. The van der Waals surface area contributed by atoms with Gasteiger partial charge in [-0.05, 0) is 35.2 Å². The standard InChI is InChI=1S/C28H32N4O2/c1-34-24-14-8-13-23(19-24)25-20-26(30-29-25)28(33)32-17-15-31(16-18-32)27(21-9-4-2-5-10-21)22-11-6-3-7-12-22/h2-14,19,25-27,29-30H,15-18,20H2,1H3. The lowest BCUT2D eigenvalue weighted by atomic mass is 9.96. The van der Waals surface area contributed by atoms with Gasteiger partial charge >= 0.3 is 0 Å². The van der Waals surface area contributed by atoms with E-state index >= 15 is 0 Å². The van der Waals surface area contributed by atoms with Crippen molar-refractivity contribution in [1.82, 2.24) is 20.7 Å². The van der Waals surface area contributed by atoms with E-state index in [0.717, 1.165) is 43.9 Å². The zero-order valence-corrected chi connectivity index (χ0v) is 19.6. The second kappa shape index (κ2) is 10.4. The highest BCUT2D eigenvalue weighted by Crippen LogP contribution is 2.30. The zero-order chi connectivity index (χ0) is 23.3. The molecule has 2 aliphatic rings. The lowest BCUT2D eigenvalue weighted by Crippen LogP contribution is -2.54. The first-order chi connectivity index (χ1) is 16.7. The summed E-state index contributed by atoms with van der Waals surface area (Å²) in [6.07, 6.45) is 0.725. The Kier molecular flexibility index (Phi) is 6.90. The van der Waals surface area contributed by atoms with Crippen molar-refractivity contribution in [3.8, 4) is 5.75 Å². The normalized spacial score (nSPS) is 21.1. The van der Waals surface area contributed by atoms with Gasteiger partial charge in [-0.1, -0.05) is 72.8 Å². The fourth-order valence-corrected chi connectivity index (χ4v) is 5.10. The molecule has 1 amide bonds. The van der Waals surface area contributed by atoms with Crippen molar-refractivity contribution < 1.29 is 9.53 Å². The van der Waals surface area contributed by atoms with Gasteiger partial charge in [0.2, 0.25) is 5.91 Å². The maximum absolute atomic E-state index is 13.3. The van der Waals surface area contributed by atoms with Gasteiger partial charge in [0.15, 0.2) is 0 Å². The first kappa shape index (κ1) is 22.6. The van der Waals surface area contributed by atoms with Crippen LogP contribution in [0.5, 0.6) is 5.75 Å². The molecule has 6 nitrogen and oxygen atoms in total. The van der Waals surface area contributed by atoms with Crippen LogP contribution in [0.4, 0.5) is 0 Å². The van der Waals surface area contributed by atoms with E-state index in [4.69, 9.17) is 4.74 Å². The van der Waals surface area contributed by atoms with Gasteiger partial charge in [0.1, 0.15) is 11.8 Å². The summed E-state index contributed by atoms with van der Waals surface area (Å²) in [6, 6.07) is 29.4. The number of carbonyl (C=O) groups is 1. The molecule has 34 heavy (non-hydrogen) atoms. The average molecular weight is 457 g/mol. The molecule has 6 heteroatoms. The van der Waals surface area contributed by atoms with Crippen LogP contribution in [0.1, 0.15) is 35.2 Å². The summed E-state index contributed by atoms with van der Waals surface area (Å²) in [4.78, 5) is 17.8. The van der Waals surface area contributed by atoms with Crippen molar-refractivity contribution in [2.45, 2.75) is 24.5 Å². The second-order valence-corrected chi connectivity index (χ2v) is 8.99. The highest BCUT2D eigenvalue weighted by atomic mass is 16.5. The summed E-state index contributed by atoms with van der Waals surface area (Å²) in [5.74, 6) is 1.00. The predicted octanol–water partition coefficient (Wildman–Crippen LogP) is 3.54. The third kappa shape index (κ3) is 4.85. The number of ether oxygens (including phenoxy) is 1. The third-order valence-electron chi connectivity index (χ3n) is 6.92. The summed E-state index contributed by atoms with van der Waals surface area (Å²) < 4.78 is 5.35. The van der Waals surface area contributed by atoms with E-state index < -0.39 is 0 Å². The molecule has 2 unspecified atom stereocenters. The number of benzene rings is 3. The fraction of sp³-hybridized carbons (Fsp3) is 0.321. The number of piperazine rings is 1. The molecular formula is C28H32N4O2. The molecule has 0 bridgehead atoms. The molecule has 2 saturated heterocycles. The molecule has 2 heterocycles. The number of hydrazine groups is 1. The van der Waals surface area contributed by atoms with Crippen molar-refractivity contribution in [3.05, 3.63) is 102 Å². The third-order valence-corrected chi connectivity index (χ3v) is 6.92. The average Bonchev–Trinajstić information content (AvgIpc) is 3.41. The Morgan fingerprint density at radius 2 is 1.50 bits per heavy atom. The van der Waals surface area contributed by atoms with Crippen LogP contribution in [0, 0.1) is 0 Å². The van der Waals surface area contributed by atoms with Crippen LogP contribution in [-0.2, 0) is 4.79 Å². The van der Waals surface area contributed by atoms with Gasteiger partial charge in [0.05, 0.1) is 13.2 Å². The summed E-state index contributed by atoms with van der Waals surface area (Å²) >= 11 is 0. The van der Waals surface area contributed by atoms with Gasteiger partial charge in [-0.3, -0.25) is 9.69 Å². The van der Waals surface area contributed by atoms with Crippen LogP contribution >= 0.6 is 0 Å². The zero-order valence-electron chi connectivity index (χ0n) is 19.6. The molecule has 176 valence electrons. The molecule has 0 aliphatic carbocycles. The number of hydrogen-bond acceptors (Lipinski definition) is 5. The number of nitrogens with zero attached hydrogens (tertiary/aromatic N) is 2. The van der Waals surface area contributed by atoms with Gasteiger partial charge in [0, 0.05) is 32.2 Å². The fourth-order valence-electron chi connectivity index (χ4n) is 5.10. The molecule has 3 aromatic carbocycles. The van der Waals surface area contributed by atoms with E-state index in [2.05, 4.69) is 82.5 Å². The first-order valence-electron chi connectivity index (χ1n) is 12.0. The number of rotatable bonds is 6. The van der Waals surface area contributed by atoms with E-state index in [1.807, 2.05) is 23.1 Å². The Balaban J connectivity index is 1.22. The van der Waals surface area contributed by atoms with Crippen molar-refractivity contribution >= 4 is 5.91 Å². The summed E-state index contributed by atoms with van der Waals surface area (Å²) in [5.41, 5.74) is 10.2. The smallest absolute Gasteiger partial charge is 0.241 e. The largest absolute Gasteiger partial charge is 0.497 e. The molecule has 2 fully saturated rings. The minimum Gasteiger partial charge on any atom is -0.497 e. The molecule has 0 radical (unpaired) electrons. The van der Waals surface area contributed by atoms with E-state index in [1.165, 1.54) is 11.1 Å². The van der Waals surface area contributed by atoms with Crippen LogP contribution < -0.4 is 15.6 Å². The van der Waals surface area contributed by atoms with Crippen molar-refractivity contribution in [2.24, 2.45) is 0 Å². The minimum absolute atomic E-state index is 0.0888. The lowest BCUT2D eigenvalue weighted by molar-refractivity contribution is -0.135. The number of nitrogens with one attached hydrogen (secondary N) is 2. The van der Waals surface area contributed by atoms with Gasteiger partial charge in [0.25, 0.3) is 0 Å². The Hall–Kier alpha value is -3.19. The van der Waals surface area contributed by atoms with Crippen LogP contribution in [0.25, 0.3) is 0 Å². The van der Waals surface area contributed by atoms with Crippen molar-refractivity contribution in [1.29, 1.82) is 0 Å². The first-order valence-corrected chi connectivity index (χ1v) is 12.0. The number of hydrogen-bond donors (Lipinski definition) is 2. The number of carbonyl (C=O) groups excluding carboxylic acids is 1. The van der Waals surface area contributed by atoms with Crippen molar-refractivity contribution in [2.75, 3.05) is 33.3 Å². The van der Waals surface area contributed by atoms with Crippen molar-refractivity contribution in [3.63, 3.8) is 0 Å². The molecule has 0 saturated carbocycles. The Morgan fingerprint density at radius 1 is 0.853 bits per heavy atom. The lowest BCUT2D eigenvalue weighted by Gasteiger charge is -2.40.